The highest BCUT2D eigenvalue weighted by atomic mass is 35.5. The summed E-state index contributed by atoms with van der Waals surface area (Å²) < 4.78 is 0. The van der Waals surface area contributed by atoms with Crippen LogP contribution in [0.15, 0.2) is 18.3 Å². The smallest absolute Gasteiger partial charge is 0.271 e. The number of halogens is 1. The lowest BCUT2D eigenvalue weighted by atomic mass is 10.2. The number of carbonyl (C=O) groups excluding carboxylic acids is 1. The predicted molar refractivity (Wildman–Crippen MR) is 77.9 cm³/mol. The second-order valence-electron chi connectivity index (χ2n) is 4.26. The summed E-state index contributed by atoms with van der Waals surface area (Å²) in [6, 6.07) is 3.40. The van der Waals surface area contributed by atoms with Crippen LogP contribution in [0.1, 0.15) is 28.7 Å². The van der Waals surface area contributed by atoms with Gasteiger partial charge in [-0.15, -0.1) is 0 Å². The highest BCUT2D eigenvalue weighted by Gasteiger charge is 2.13. The Morgan fingerprint density at radius 1 is 1.45 bits per heavy atom. The van der Waals surface area contributed by atoms with Crippen LogP contribution < -0.4 is 10.6 Å². The third-order valence-corrected chi connectivity index (χ3v) is 3.10. The molecule has 0 saturated heterocycles. The number of aryl methyl sites for hydroxylation is 1. The Hall–Kier alpha value is -2.08. The molecular formula is C13H16ClN5O. The van der Waals surface area contributed by atoms with Crippen molar-refractivity contribution in [1.82, 2.24) is 20.5 Å². The Morgan fingerprint density at radius 2 is 2.25 bits per heavy atom. The minimum atomic E-state index is -0.310. The molecule has 3 N–H and O–H groups in total. The maximum absolute atomic E-state index is 12.1. The quantitative estimate of drug-likeness (QED) is 0.788. The van der Waals surface area contributed by atoms with E-state index in [1.165, 1.54) is 0 Å². The molecule has 0 aliphatic carbocycles. The number of amides is 1. The number of anilines is 1. The van der Waals surface area contributed by atoms with Gasteiger partial charge >= 0.3 is 0 Å². The van der Waals surface area contributed by atoms with E-state index in [-0.39, 0.29) is 11.6 Å². The molecule has 0 aliphatic rings. The van der Waals surface area contributed by atoms with Crippen LogP contribution in [0.3, 0.4) is 0 Å². The number of rotatable bonds is 5. The largest absolute Gasteiger partial charge is 0.370 e. The monoisotopic (exact) mass is 293 g/mol. The van der Waals surface area contributed by atoms with Crippen molar-refractivity contribution in [2.75, 3.05) is 11.9 Å². The molecule has 0 spiro atoms. The van der Waals surface area contributed by atoms with Crippen LogP contribution in [0.5, 0.6) is 0 Å². The van der Waals surface area contributed by atoms with Gasteiger partial charge in [0.05, 0.1) is 11.2 Å². The minimum Gasteiger partial charge on any atom is -0.370 e. The molecule has 2 aromatic rings. The third kappa shape index (κ3) is 3.27. The van der Waals surface area contributed by atoms with Gasteiger partial charge in [0.2, 0.25) is 0 Å². The molecule has 106 valence electrons. The summed E-state index contributed by atoms with van der Waals surface area (Å²) in [5.41, 5.74) is 2.06. The summed E-state index contributed by atoms with van der Waals surface area (Å²) in [7, 11) is 0. The van der Waals surface area contributed by atoms with Gasteiger partial charge in [0.1, 0.15) is 11.5 Å². The summed E-state index contributed by atoms with van der Waals surface area (Å²) in [5, 5.41) is 12.9. The molecule has 0 bridgehead atoms. The Kier molecular flexibility index (Phi) is 4.57. The Bertz CT molecular complexity index is 611. The van der Waals surface area contributed by atoms with E-state index >= 15 is 0 Å². The zero-order valence-corrected chi connectivity index (χ0v) is 12.1. The lowest BCUT2D eigenvalue weighted by Gasteiger charge is -2.08. The summed E-state index contributed by atoms with van der Waals surface area (Å²) in [6.07, 6.45) is 1.68. The van der Waals surface area contributed by atoms with E-state index in [0.29, 0.717) is 17.4 Å². The van der Waals surface area contributed by atoms with Crippen LogP contribution in [0.2, 0.25) is 5.02 Å². The first-order valence-electron chi connectivity index (χ1n) is 6.29. The van der Waals surface area contributed by atoms with Crippen molar-refractivity contribution in [3.05, 3.63) is 40.3 Å². The molecule has 2 heterocycles. The van der Waals surface area contributed by atoms with Crippen molar-refractivity contribution in [2.45, 2.75) is 20.4 Å². The molecular weight excluding hydrogens is 278 g/mol. The molecule has 2 aromatic heterocycles. The third-order valence-electron chi connectivity index (χ3n) is 2.79. The van der Waals surface area contributed by atoms with Gasteiger partial charge in [0, 0.05) is 24.3 Å². The molecule has 0 aliphatic heterocycles. The maximum atomic E-state index is 12.1. The van der Waals surface area contributed by atoms with Gasteiger partial charge in [0.15, 0.2) is 0 Å². The summed E-state index contributed by atoms with van der Waals surface area (Å²) in [5.74, 6) is 0.317. The highest BCUT2D eigenvalue weighted by molar-refractivity contribution is 6.33. The van der Waals surface area contributed by atoms with Gasteiger partial charge in [0.25, 0.3) is 5.91 Å². The fourth-order valence-corrected chi connectivity index (χ4v) is 1.89. The maximum Gasteiger partial charge on any atom is 0.271 e. The average molecular weight is 294 g/mol. The molecule has 0 unspecified atom stereocenters. The van der Waals surface area contributed by atoms with Crippen molar-refractivity contribution >= 4 is 23.3 Å². The van der Waals surface area contributed by atoms with Crippen LogP contribution in [0.25, 0.3) is 0 Å². The molecule has 6 nitrogen and oxygen atoms in total. The normalized spacial score (nSPS) is 10.3. The van der Waals surface area contributed by atoms with Gasteiger partial charge in [-0.25, -0.2) is 4.98 Å². The molecule has 1 amide bonds. The second-order valence-corrected chi connectivity index (χ2v) is 4.67. The van der Waals surface area contributed by atoms with Crippen molar-refractivity contribution in [3.63, 3.8) is 0 Å². The van der Waals surface area contributed by atoms with E-state index in [1.807, 2.05) is 13.8 Å². The predicted octanol–water partition coefficient (Wildman–Crippen LogP) is 2.13. The Labute approximate surface area is 121 Å². The number of pyridine rings is 1. The number of hydrogen-bond acceptors (Lipinski definition) is 4. The second kappa shape index (κ2) is 6.38. The molecule has 20 heavy (non-hydrogen) atoms. The van der Waals surface area contributed by atoms with Crippen molar-refractivity contribution in [2.24, 2.45) is 0 Å². The van der Waals surface area contributed by atoms with E-state index < -0.39 is 0 Å². The van der Waals surface area contributed by atoms with E-state index in [1.54, 1.807) is 18.3 Å². The van der Waals surface area contributed by atoms with Gasteiger partial charge in [-0.05, 0) is 26.0 Å². The van der Waals surface area contributed by atoms with E-state index in [2.05, 4.69) is 25.8 Å². The van der Waals surface area contributed by atoms with Crippen molar-refractivity contribution in [3.8, 4) is 0 Å². The molecule has 2 rings (SSSR count). The van der Waals surface area contributed by atoms with Gasteiger partial charge in [-0.3, -0.25) is 9.89 Å². The number of nitrogens with zero attached hydrogens (tertiary/aromatic N) is 2. The zero-order valence-electron chi connectivity index (χ0n) is 11.3. The van der Waals surface area contributed by atoms with Gasteiger partial charge in [-0.1, -0.05) is 11.6 Å². The molecule has 0 atom stereocenters. The van der Waals surface area contributed by atoms with Crippen LogP contribution in [-0.2, 0) is 6.54 Å². The number of H-pyrrole nitrogens is 1. The Morgan fingerprint density at radius 3 is 2.90 bits per heavy atom. The van der Waals surface area contributed by atoms with Crippen LogP contribution in [0.4, 0.5) is 5.82 Å². The first kappa shape index (κ1) is 14.3. The first-order valence-corrected chi connectivity index (χ1v) is 6.67. The number of aromatic amines is 1. The van der Waals surface area contributed by atoms with Crippen LogP contribution in [-0.4, -0.2) is 27.6 Å². The number of aromatic nitrogens is 3. The Balaban J connectivity index is 2.08. The molecule has 0 aromatic carbocycles. The number of nitrogens with one attached hydrogen (secondary N) is 3. The van der Waals surface area contributed by atoms with Crippen LogP contribution >= 0.6 is 11.6 Å². The first-order chi connectivity index (χ1) is 9.61. The topological polar surface area (TPSA) is 82.7 Å². The zero-order chi connectivity index (χ0) is 14.5. The van der Waals surface area contributed by atoms with E-state index in [0.717, 1.165) is 17.8 Å². The fraction of sp³-hybridized carbons (Fsp3) is 0.308. The minimum absolute atomic E-state index is 0.214. The van der Waals surface area contributed by atoms with E-state index in [9.17, 15) is 4.79 Å². The number of carbonyl (C=O) groups is 1. The lowest BCUT2D eigenvalue weighted by Crippen LogP contribution is -2.24. The van der Waals surface area contributed by atoms with E-state index in [4.69, 9.17) is 11.6 Å². The molecule has 0 fully saturated rings. The van der Waals surface area contributed by atoms with Crippen molar-refractivity contribution < 1.29 is 4.79 Å². The lowest BCUT2D eigenvalue weighted by molar-refractivity contribution is 0.0946. The van der Waals surface area contributed by atoms with Gasteiger partial charge in [-0.2, -0.15) is 5.10 Å². The van der Waals surface area contributed by atoms with Crippen molar-refractivity contribution in [1.29, 1.82) is 0 Å². The molecule has 0 radical (unpaired) electrons. The summed E-state index contributed by atoms with van der Waals surface area (Å²) in [6.45, 7) is 4.96. The SMILES string of the molecule is CCNc1ccc(Cl)c(C(=O)NCc2cn[nH]c2C)n1. The highest BCUT2D eigenvalue weighted by Crippen LogP contribution is 2.16. The fourth-order valence-electron chi connectivity index (χ4n) is 1.69. The average Bonchev–Trinajstić information content (AvgIpc) is 2.84. The number of hydrogen-bond donors (Lipinski definition) is 3. The van der Waals surface area contributed by atoms with Crippen LogP contribution in [0, 0.1) is 6.92 Å². The van der Waals surface area contributed by atoms with Gasteiger partial charge < -0.3 is 10.6 Å². The molecule has 0 saturated carbocycles. The summed E-state index contributed by atoms with van der Waals surface area (Å²) in [4.78, 5) is 16.3. The standard InChI is InChI=1S/C13H16ClN5O/c1-3-15-11-5-4-10(14)12(18-11)13(20)16-6-9-7-17-19-8(9)2/h4-5,7H,3,6H2,1-2H3,(H,15,18)(H,16,20)(H,17,19). The summed E-state index contributed by atoms with van der Waals surface area (Å²) >= 11 is 6.01. The molecule has 7 heteroatoms.